The lowest BCUT2D eigenvalue weighted by molar-refractivity contribution is 0.207. The first kappa shape index (κ1) is 11.0. The molecule has 1 aliphatic carbocycles. The molecule has 0 aromatic rings. The lowest BCUT2D eigenvalue weighted by Crippen LogP contribution is -2.41. The summed E-state index contributed by atoms with van der Waals surface area (Å²) in [6.07, 6.45) is 5.27. The molecule has 0 aromatic heterocycles. The molecule has 2 nitrogen and oxygen atoms in total. The van der Waals surface area contributed by atoms with Crippen LogP contribution in [0.2, 0.25) is 0 Å². The summed E-state index contributed by atoms with van der Waals surface area (Å²) < 4.78 is 0. The molecule has 0 heterocycles. The van der Waals surface area contributed by atoms with Crippen LogP contribution in [0, 0.1) is 11.8 Å². The van der Waals surface area contributed by atoms with Crippen LogP contribution in [0.4, 0.5) is 0 Å². The molecule has 0 spiro atoms. The molecule has 1 saturated carbocycles. The van der Waals surface area contributed by atoms with Gasteiger partial charge in [-0.15, -0.1) is 0 Å². The molecule has 0 amide bonds. The quantitative estimate of drug-likeness (QED) is 0.653. The molecule has 0 radical (unpaired) electrons. The fraction of sp³-hybridized carbons (Fsp3) is 1.00. The van der Waals surface area contributed by atoms with Crippen LogP contribution in [0.15, 0.2) is 0 Å². The highest BCUT2D eigenvalue weighted by Gasteiger charge is 2.25. The van der Waals surface area contributed by atoms with Gasteiger partial charge < -0.3 is 11.1 Å². The second kappa shape index (κ2) is 5.61. The fourth-order valence-corrected chi connectivity index (χ4v) is 2.26. The Bertz CT molecular complexity index is 136. The van der Waals surface area contributed by atoms with E-state index in [1.54, 1.807) is 0 Å². The van der Waals surface area contributed by atoms with Crippen LogP contribution < -0.4 is 11.1 Å². The number of hydrogen-bond acceptors (Lipinski definition) is 2. The van der Waals surface area contributed by atoms with E-state index < -0.39 is 0 Å². The van der Waals surface area contributed by atoms with Crippen molar-refractivity contribution >= 4 is 0 Å². The summed E-state index contributed by atoms with van der Waals surface area (Å²) in [4.78, 5) is 0. The van der Waals surface area contributed by atoms with Crippen LogP contribution in [0.1, 0.15) is 39.5 Å². The highest BCUT2D eigenvalue weighted by molar-refractivity contribution is 4.81. The highest BCUT2D eigenvalue weighted by Crippen LogP contribution is 2.29. The Balaban J connectivity index is 2.23. The molecular weight excluding hydrogens is 160 g/mol. The maximum absolute atomic E-state index is 5.47. The molecule has 3 atom stereocenters. The molecule has 0 aliphatic heterocycles. The SMILES string of the molecule is CC1CCCC(NCCCN)C1C. The van der Waals surface area contributed by atoms with E-state index in [4.69, 9.17) is 5.73 Å². The number of nitrogens with one attached hydrogen (secondary N) is 1. The standard InChI is InChI=1S/C11H24N2/c1-9-5-3-6-11(10(9)2)13-8-4-7-12/h9-11,13H,3-8,12H2,1-2H3. The van der Waals surface area contributed by atoms with Gasteiger partial charge in [-0.25, -0.2) is 0 Å². The Morgan fingerprint density at radius 3 is 2.77 bits per heavy atom. The number of rotatable bonds is 4. The molecule has 0 saturated heterocycles. The lowest BCUT2D eigenvalue weighted by atomic mass is 9.78. The molecule has 13 heavy (non-hydrogen) atoms. The van der Waals surface area contributed by atoms with Crippen LogP contribution >= 0.6 is 0 Å². The monoisotopic (exact) mass is 184 g/mol. The van der Waals surface area contributed by atoms with E-state index in [0.29, 0.717) is 0 Å². The molecule has 1 fully saturated rings. The van der Waals surface area contributed by atoms with Gasteiger partial charge in [-0.1, -0.05) is 26.7 Å². The summed E-state index contributed by atoms with van der Waals surface area (Å²) >= 11 is 0. The van der Waals surface area contributed by atoms with Crippen molar-refractivity contribution in [2.45, 2.75) is 45.6 Å². The van der Waals surface area contributed by atoms with Gasteiger partial charge in [-0.2, -0.15) is 0 Å². The number of nitrogens with two attached hydrogens (primary N) is 1. The smallest absolute Gasteiger partial charge is 0.00952 e. The molecule has 1 aliphatic rings. The first-order chi connectivity index (χ1) is 6.25. The van der Waals surface area contributed by atoms with Crippen LogP contribution in [0.25, 0.3) is 0 Å². The minimum atomic E-state index is 0.746. The van der Waals surface area contributed by atoms with Crippen molar-refractivity contribution in [3.8, 4) is 0 Å². The van der Waals surface area contributed by atoms with Crippen molar-refractivity contribution in [2.75, 3.05) is 13.1 Å². The molecule has 3 unspecified atom stereocenters. The Morgan fingerprint density at radius 1 is 1.31 bits per heavy atom. The largest absolute Gasteiger partial charge is 0.330 e. The first-order valence-electron chi connectivity index (χ1n) is 5.69. The van der Waals surface area contributed by atoms with Crippen LogP contribution in [-0.4, -0.2) is 19.1 Å². The van der Waals surface area contributed by atoms with Crippen LogP contribution in [-0.2, 0) is 0 Å². The Hall–Kier alpha value is -0.0800. The zero-order valence-electron chi connectivity index (χ0n) is 9.05. The topological polar surface area (TPSA) is 38.0 Å². The van der Waals surface area contributed by atoms with E-state index in [0.717, 1.165) is 37.4 Å². The van der Waals surface area contributed by atoms with Gasteiger partial charge in [0.1, 0.15) is 0 Å². The summed E-state index contributed by atoms with van der Waals surface area (Å²) in [5.41, 5.74) is 5.47. The van der Waals surface area contributed by atoms with Crippen molar-refractivity contribution in [3.63, 3.8) is 0 Å². The van der Waals surface area contributed by atoms with E-state index in [-0.39, 0.29) is 0 Å². The third-order valence-corrected chi connectivity index (χ3v) is 3.49. The Labute approximate surface area is 82.3 Å². The maximum atomic E-state index is 5.47. The summed E-state index contributed by atoms with van der Waals surface area (Å²) in [6.45, 7) is 6.66. The van der Waals surface area contributed by atoms with E-state index in [1.165, 1.54) is 19.3 Å². The van der Waals surface area contributed by atoms with Gasteiger partial charge in [-0.05, 0) is 37.8 Å². The normalized spacial score (nSPS) is 34.8. The van der Waals surface area contributed by atoms with E-state index in [2.05, 4.69) is 19.2 Å². The summed E-state index contributed by atoms with van der Waals surface area (Å²) in [5.74, 6) is 1.73. The van der Waals surface area contributed by atoms with Crippen molar-refractivity contribution < 1.29 is 0 Å². The zero-order chi connectivity index (χ0) is 9.68. The Morgan fingerprint density at radius 2 is 2.08 bits per heavy atom. The van der Waals surface area contributed by atoms with Crippen molar-refractivity contribution in [3.05, 3.63) is 0 Å². The van der Waals surface area contributed by atoms with Gasteiger partial charge in [0.2, 0.25) is 0 Å². The Kier molecular flexibility index (Phi) is 4.74. The van der Waals surface area contributed by atoms with Gasteiger partial charge in [0.05, 0.1) is 0 Å². The molecule has 3 N–H and O–H groups in total. The molecule has 0 aromatic carbocycles. The summed E-state index contributed by atoms with van der Waals surface area (Å²) in [5, 5.41) is 3.62. The van der Waals surface area contributed by atoms with Crippen LogP contribution in [0.5, 0.6) is 0 Å². The maximum Gasteiger partial charge on any atom is 0.00952 e. The van der Waals surface area contributed by atoms with Crippen molar-refractivity contribution in [2.24, 2.45) is 17.6 Å². The van der Waals surface area contributed by atoms with Gasteiger partial charge in [0.15, 0.2) is 0 Å². The second-order valence-corrected chi connectivity index (χ2v) is 4.47. The zero-order valence-corrected chi connectivity index (χ0v) is 9.05. The summed E-state index contributed by atoms with van der Waals surface area (Å²) in [6, 6.07) is 0.746. The molecule has 78 valence electrons. The van der Waals surface area contributed by atoms with Crippen molar-refractivity contribution in [1.29, 1.82) is 0 Å². The number of hydrogen-bond donors (Lipinski definition) is 2. The molecule has 0 bridgehead atoms. The highest BCUT2D eigenvalue weighted by atomic mass is 14.9. The third kappa shape index (κ3) is 3.28. The predicted molar refractivity (Wildman–Crippen MR) is 57.6 cm³/mol. The second-order valence-electron chi connectivity index (χ2n) is 4.47. The lowest BCUT2D eigenvalue weighted by Gasteiger charge is -2.34. The predicted octanol–water partition coefficient (Wildman–Crippen LogP) is 1.75. The van der Waals surface area contributed by atoms with E-state index in [1.807, 2.05) is 0 Å². The van der Waals surface area contributed by atoms with E-state index >= 15 is 0 Å². The van der Waals surface area contributed by atoms with Crippen LogP contribution in [0.3, 0.4) is 0 Å². The summed E-state index contributed by atoms with van der Waals surface area (Å²) in [7, 11) is 0. The molecular formula is C11H24N2. The first-order valence-corrected chi connectivity index (χ1v) is 5.69. The van der Waals surface area contributed by atoms with Gasteiger partial charge in [-0.3, -0.25) is 0 Å². The van der Waals surface area contributed by atoms with Gasteiger partial charge in [0, 0.05) is 6.04 Å². The van der Waals surface area contributed by atoms with Gasteiger partial charge >= 0.3 is 0 Å². The van der Waals surface area contributed by atoms with Gasteiger partial charge in [0.25, 0.3) is 0 Å². The molecule has 2 heteroatoms. The minimum Gasteiger partial charge on any atom is -0.330 e. The fourth-order valence-electron chi connectivity index (χ4n) is 2.26. The van der Waals surface area contributed by atoms with E-state index in [9.17, 15) is 0 Å². The minimum absolute atomic E-state index is 0.746. The molecule has 1 rings (SSSR count). The van der Waals surface area contributed by atoms with Crippen molar-refractivity contribution in [1.82, 2.24) is 5.32 Å². The average Bonchev–Trinajstić information content (AvgIpc) is 2.13. The average molecular weight is 184 g/mol. The third-order valence-electron chi connectivity index (χ3n) is 3.49.